The number of aliphatic hydroxyl groups excluding tert-OH is 3. The molecule has 194 valence electrons. The number of imide groups is 1. The first-order valence-corrected chi connectivity index (χ1v) is 12.2. The predicted molar refractivity (Wildman–Crippen MR) is 137 cm³/mol. The van der Waals surface area contributed by atoms with Crippen molar-refractivity contribution in [3.05, 3.63) is 59.7 Å². The number of nitrogens with zero attached hydrogens (tertiary/aromatic N) is 2. The average molecular weight is 517 g/mol. The van der Waals surface area contributed by atoms with E-state index in [2.05, 4.69) is 4.98 Å². The van der Waals surface area contributed by atoms with Crippen molar-refractivity contribution >= 4 is 55.4 Å². The third-order valence-electron chi connectivity index (χ3n) is 7.83. The van der Waals surface area contributed by atoms with Crippen LogP contribution in [0.4, 0.5) is 0 Å². The van der Waals surface area contributed by atoms with Crippen molar-refractivity contribution in [2.24, 2.45) is 5.84 Å². The summed E-state index contributed by atoms with van der Waals surface area (Å²) in [5.74, 6) is 4.70. The highest BCUT2D eigenvalue weighted by molar-refractivity contribution is 6.39. The molecule has 7 rings (SSSR count). The van der Waals surface area contributed by atoms with Crippen molar-refractivity contribution in [2.45, 2.75) is 30.6 Å². The van der Waals surface area contributed by atoms with Crippen molar-refractivity contribution in [3.8, 4) is 0 Å². The molecule has 4 heterocycles. The van der Waals surface area contributed by atoms with Gasteiger partial charge in [-0.05, 0) is 12.1 Å². The number of para-hydroxylation sites is 2. The second-order valence-electron chi connectivity index (χ2n) is 9.69. The molecule has 3 aromatic carbocycles. The van der Waals surface area contributed by atoms with E-state index < -0.39 is 49.1 Å². The largest absolute Gasteiger partial charge is 0.394 e. The molecule has 0 aliphatic carbocycles. The maximum atomic E-state index is 13.4. The maximum absolute atomic E-state index is 13.4. The summed E-state index contributed by atoms with van der Waals surface area (Å²) in [7, 11) is 1.37. The van der Waals surface area contributed by atoms with E-state index in [4.69, 9.17) is 15.3 Å². The number of carbonyl (C=O) groups excluding carboxylic acids is 2. The molecule has 11 heteroatoms. The highest BCUT2D eigenvalue weighted by Gasteiger charge is 2.47. The lowest BCUT2D eigenvalue weighted by molar-refractivity contribution is -0.255. The van der Waals surface area contributed by atoms with E-state index in [-0.39, 0.29) is 11.1 Å². The number of benzene rings is 3. The van der Waals surface area contributed by atoms with E-state index in [0.717, 1.165) is 10.9 Å². The van der Waals surface area contributed by atoms with Crippen LogP contribution >= 0.6 is 0 Å². The number of amides is 2. The number of nitrogens with two attached hydrogens (primary N) is 1. The minimum atomic E-state index is -1.45. The van der Waals surface area contributed by atoms with Gasteiger partial charge in [-0.15, -0.1) is 0 Å². The highest BCUT2D eigenvalue weighted by atomic mass is 16.6. The Morgan fingerprint density at radius 3 is 2.34 bits per heavy atom. The zero-order valence-electron chi connectivity index (χ0n) is 20.2. The lowest BCUT2D eigenvalue weighted by atomic mass is 9.96. The van der Waals surface area contributed by atoms with Crippen molar-refractivity contribution in [2.75, 3.05) is 13.7 Å². The fourth-order valence-electron chi connectivity index (χ4n) is 6.19. The summed E-state index contributed by atoms with van der Waals surface area (Å²) in [6, 6.07) is 14.6. The highest BCUT2D eigenvalue weighted by Crippen LogP contribution is 2.46. The Balaban J connectivity index is 1.68. The van der Waals surface area contributed by atoms with Crippen molar-refractivity contribution < 1.29 is 34.4 Å². The molecule has 0 radical (unpaired) electrons. The number of rotatable bonds is 3. The third kappa shape index (κ3) is 2.77. The van der Waals surface area contributed by atoms with E-state index in [1.54, 1.807) is 22.8 Å². The van der Waals surface area contributed by atoms with Crippen LogP contribution in [0.1, 0.15) is 26.9 Å². The number of H-pyrrole nitrogens is 1. The van der Waals surface area contributed by atoms with Crippen LogP contribution in [-0.4, -0.2) is 79.8 Å². The fraction of sp³-hybridized carbons (Fsp3) is 0.259. The van der Waals surface area contributed by atoms with Gasteiger partial charge in [0.25, 0.3) is 11.8 Å². The second-order valence-corrected chi connectivity index (χ2v) is 9.69. The Bertz CT molecular complexity index is 1810. The molecule has 2 amide bonds. The number of ether oxygens (including phenoxy) is 2. The maximum Gasteiger partial charge on any atom is 0.276 e. The van der Waals surface area contributed by atoms with Crippen LogP contribution < -0.4 is 5.84 Å². The summed E-state index contributed by atoms with van der Waals surface area (Å²) in [6.07, 6.45) is -5.87. The van der Waals surface area contributed by atoms with Gasteiger partial charge in [0.15, 0.2) is 6.23 Å². The van der Waals surface area contributed by atoms with Gasteiger partial charge in [0, 0.05) is 34.2 Å². The molecule has 38 heavy (non-hydrogen) atoms. The van der Waals surface area contributed by atoms with Crippen LogP contribution in [0.15, 0.2) is 48.5 Å². The van der Waals surface area contributed by atoms with Crippen molar-refractivity contribution in [3.63, 3.8) is 0 Å². The van der Waals surface area contributed by atoms with Gasteiger partial charge >= 0.3 is 0 Å². The molecular formula is C27H24N4O7. The molecule has 0 bridgehead atoms. The Hall–Kier alpha value is -3.84. The molecule has 2 aromatic heterocycles. The molecule has 5 atom stereocenters. The standard InChI is InChI=1S/C27H24N4O7/c1-37-24-15(10-32)38-27(23(34)22(24)33)30-14-9-5-3-7-12(14)17-19-18(25(35)31(28)26(19)36)16-11-6-2-4-8-13(11)29-20(16)21(17)30/h2-9,15,22-24,27,29,32-34H,10,28H2,1H3/t15-,22-,23-,24-,27-/m1/s1. The van der Waals surface area contributed by atoms with Gasteiger partial charge in [0.2, 0.25) is 0 Å². The van der Waals surface area contributed by atoms with Gasteiger partial charge in [-0.3, -0.25) is 9.59 Å². The SMILES string of the molecule is CO[C@H]1[C@H](O)[C@@H](O)[C@H](n2c3ccccc3c3c4c(c5c6ccccc6[nH]c5c32)C(=O)N(N)C4=O)O[C@@H]1CO. The number of hydrogen-bond donors (Lipinski definition) is 5. The third-order valence-corrected chi connectivity index (χ3v) is 7.83. The van der Waals surface area contributed by atoms with Crippen LogP contribution in [0, 0.1) is 0 Å². The number of carbonyl (C=O) groups is 2. The minimum absolute atomic E-state index is 0.166. The summed E-state index contributed by atoms with van der Waals surface area (Å²) in [6.45, 7) is -0.456. The Morgan fingerprint density at radius 2 is 1.63 bits per heavy atom. The monoisotopic (exact) mass is 516 g/mol. The summed E-state index contributed by atoms with van der Waals surface area (Å²) >= 11 is 0. The van der Waals surface area contributed by atoms with E-state index in [1.165, 1.54) is 7.11 Å². The van der Waals surface area contributed by atoms with E-state index in [9.17, 15) is 24.9 Å². The topological polar surface area (TPSA) is 163 Å². The number of fused-ring (bicyclic) bond motifs is 10. The van der Waals surface area contributed by atoms with Gasteiger partial charge in [0.05, 0.1) is 34.3 Å². The van der Waals surface area contributed by atoms with Crippen LogP contribution in [-0.2, 0) is 9.47 Å². The van der Waals surface area contributed by atoms with Gasteiger partial charge < -0.3 is 34.3 Å². The molecule has 2 aliphatic rings. The number of aromatic amines is 1. The number of methoxy groups -OCH3 is 1. The van der Waals surface area contributed by atoms with Crippen LogP contribution in [0.3, 0.4) is 0 Å². The summed E-state index contributed by atoms with van der Waals surface area (Å²) < 4.78 is 13.2. The number of aliphatic hydroxyl groups is 3. The van der Waals surface area contributed by atoms with E-state index in [1.807, 2.05) is 30.3 Å². The van der Waals surface area contributed by atoms with Gasteiger partial charge in [0.1, 0.15) is 24.4 Å². The Kier molecular flexibility index (Phi) is 4.95. The molecule has 2 aliphatic heterocycles. The average Bonchev–Trinajstić information content (AvgIpc) is 3.55. The first kappa shape index (κ1) is 23.3. The number of aromatic nitrogens is 2. The molecule has 0 unspecified atom stereocenters. The second kappa shape index (κ2) is 8.08. The minimum Gasteiger partial charge on any atom is -0.394 e. The fourth-order valence-corrected chi connectivity index (χ4v) is 6.19. The molecular weight excluding hydrogens is 492 g/mol. The van der Waals surface area contributed by atoms with Gasteiger partial charge in [-0.25, -0.2) is 10.9 Å². The molecule has 1 fully saturated rings. The van der Waals surface area contributed by atoms with Crippen LogP contribution in [0.25, 0.3) is 43.6 Å². The number of hydrazine groups is 1. The van der Waals surface area contributed by atoms with Gasteiger partial charge in [-0.2, -0.15) is 0 Å². The molecule has 6 N–H and O–H groups in total. The number of hydrogen-bond acceptors (Lipinski definition) is 8. The first-order chi connectivity index (χ1) is 18.4. The molecule has 0 spiro atoms. The lowest BCUT2D eigenvalue weighted by Gasteiger charge is -2.42. The zero-order valence-corrected chi connectivity index (χ0v) is 20.2. The van der Waals surface area contributed by atoms with E-state index >= 15 is 0 Å². The summed E-state index contributed by atoms with van der Waals surface area (Å²) in [4.78, 5) is 30.2. The molecule has 5 aromatic rings. The van der Waals surface area contributed by atoms with Gasteiger partial charge in [-0.1, -0.05) is 36.4 Å². The smallest absolute Gasteiger partial charge is 0.276 e. The Labute approximate surface area is 214 Å². The quantitative estimate of drug-likeness (QED) is 0.137. The number of nitrogens with one attached hydrogen (secondary N) is 1. The summed E-state index contributed by atoms with van der Waals surface area (Å²) in [5, 5.41) is 35.2. The molecule has 0 saturated carbocycles. The normalized spacial score (nSPS) is 25.9. The zero-order chi connectivity index (χ0) is 26.5. The van der Waals surface area contributed by atoms with E-state index in [0.29, 0.717) is 37.7 Å². The van der Waals surface area contributed by atoms with Crippen LogP contribution in [0.5, 0.6) is 0 Å². The first-order valence-electron chi connectivity index (χ1n) is 12.2. The predicted octanol–water partition coefficient (Wildman–Crippen LogP) is 1.53. The molecule has 1 saturated heterocycles. The van der Waals surface area contributed by atoms with Crippen LogP contribution in [0.2, 0.25) is 0 Å². The van der Waals surface area contributed by atoms with Crippen molar-refractivity contribution in [1.29, 1.82) is 0 Å². The Morgan fingerprint density at radius 1 is 0.974 bits per heavy atom. The van der Waals surface area contributed by atoms with Crippen molar-refractivity contribution in [1.82, 2.24) is 14.6 Å². The summed E-state index contributed by atoms with van der Waals surface area (Å²) in [5.41, 5.74) is 2.75. The molecule has 11 nitrogen and oxygen atoms in total. The lowest BCUT2D eigenvalue weighted by Crippen LogP contribution is -2.57.